The first-order valence-corrected chi connectivity index (χ1v) is 9.21. The Morgan fingerprint density at radius 3 is 2.71 bits per heavy atom. The van der Waals surface area contributed by atoms with Crippen LogP contribution in [0.2, 0.25) is 0 Å². The Morgan fingerprint density at radius 1 is 1.14 bits per heavy atom. The largest absolute Gasteiger partial charge is 0.345 e. The lowest BCUT2D eigenvalue weighted by atomic mass is 10.1. The van der Waals surface area contributed by atoms with Gasteiger partial charge in [-0.15, -0.1) is 0 Å². The number of aromatic amines is 1. The number of rotatable bonds is 6. The summed E-state index contributed by atoms with van der Waals surface area (Å²) in [6.07, 6.45) is 6.06. The number of nitrogens with one attached hydrogen (secondary N) is 1. The minimum absolute atomic E-state index is 0.109. The van der Waals surface area contributed by atoms with E-state index in [2.05, 4.69) is 32.1 Å². The number of aryl methyl sites for hydroxylation is 3. The van der Waals surface area contributed by atoms with Gasteiger partial charge in [-0.3, -0.25) is 4.79 Å². The highest BCUT2D eigenvalue weighted by molar-refractivity contribution is 5.96. The molecule has 3 aromatic heterocycles. The van der Waals surface area contributed by atoms with Gasteiger partial charge in [-0.25, -0.2) is 15.0 Å². The molecular formula is C21H22N6O. The number of carbonyl (C=O) groups is 1. The van der Waals surface area contributed by atoms with Crippen molar-refractivity contribution in [2.75, 3.05) is 7.05 Å². The molecule has 0 atom stereocenters. The first kappa shape index (κ1) is 17.9. The molecule has 0 unspecified atom stereocenters. The molecule has 7 nitrogen and oxygen atoms in total. The second kappa shape index (κ2) is 7.64. The first-order valence-electron chi connectivity index (χ1n) is 9.21. The molecule has 0 aliphatic carbocycles. The van der Waals surface area contributed by atoms with E-state index < -0.39 is 0 Å². The van der Waals surface area contributed by atoms with Crippen molar-refractivity contribution in [3.05, 3.63) is 77.8 Å². The average Bonchev–Trinajstić information content (AvgIpc) is 3.31. The summed E-state index contributed by atoms with van der Waals surface area (Å²) in [4.78, 5) is 30.7. The molecule has 0 radical (unpaired) electrons. The van der Waals surface area contributed by atoms with E-state index in [1.165, 1.54) is 5.56 Å². The van der Waals surface area contributed by atoms with E-state index in [9.17, 15) is 4.79 Å². The van der Waals surface area contributed by atoms with Crippen molar-refractivity contribution in [3.63, 3.8) is 0 Å². The average molecular weight is 374 g/mol. The Morgan fingerprint density at radius 2 is 1.96 bits per heavy atom. The second-order valence-corrected chi connectivity index (χ2v) is 6.91. The van der Waals surface area contributed by atoms with Crippen LogP contribution in [-0.2, 0) is 19.5 Å². The van der Waals surface area contributed by atoms with Crippen LogP contribution in [0.1, 0.15) is 27.4 Å². The minimum atomic E-state index is -0.109. The van der Waals surface area contributed by atoms with Gasteiger partial charge in [-0.2, -0.15) is 0 Å². The third-order valence-electron chi connectivity index (χ3n) is 4.68. The maximum absolute atomic E-state index is 12.7. The number of H-pyrrole nitrogens is 1. The zero-order valence-corrected chi connectivity index (χ0v) is 16.0. The zero-order valence-electron chi connectivity index (χ0n) is 16.0. The van der Waals surface area contributed by atoms with Crippen LogP contribution in [-0.4, -0.2) is 42.4 Å². The number of nitrogens with zero attached hydrogens (tertiary/aromatic N) is 5. The molecular weight excluding hydrogens is 352 g/mol. The molecule has 1 amide bonds. The standard InChI is InChI=1S/C21H22N6O/c1-15-11-22-19(25-15)13-26(2)21(28)17-10-18-20(23-12-17)27(14-24-18)9-8-16-6-4-3-5-7-16/h3-7,10-12,14H,8-9,13H2,1-2H3,(H,22,25). The van der Waals surface area contributed by atoms with Gasteiger partial charge in [0.2, 0.25) is 0 Å². The molecule has 142 valence electrons. The number of hydrogen-bond acceptors (Lipinski definition) is 4. The van der Waals surface area contributed by atoms with Crippen molar-refractivity contribution in [2.45, 2.75) is 26.4 Å². The Balaban J connectivity index is 1.48. The lowest BCUT2D eigenvalue weighted by molar-refractivity contribution is 0.0781. The van der Waals surface area contributed by atoms with Gasteiger partial charge in [-0.05, 0) is 25.0 Å². The minimum Gasteiger partial charge on any atom is -0.345 e. The molecule has 7 heteroatoms. The smallest absolute Gasteiger partial charge is 0.255 e. The van der Waals surface area contributed by atoms with Crippen LogP contribution in [0.25, 0.3) is 11.2 Å². The molecule has 0 aliphatic rings. The van der Waals surface area contributed by atoms with Gasteiger partial charge >= 0.3 is 0 Å². The van der Waals surface area contributed by atoms with Crippen molar-refractivity contribution in [2.24, 2.45) is 0 Å². The highest BCUT2D eigenvalue weighted by atomic mass is 16.2. The molecule has 0 saturated heterocycles. The topological polar surface area (TPSA) is 79.7 Å². The SMILES string of the molecule is Cc1cnc(CN(C)C(=O)c2cnc3c(c2)ncn3CCc2ccccc2)[nH]1. The Hall–Kier alpha value is -3.48. The van der Waals surface area contributed by atoms with Gasteiger partial charge in [0.05, 0.1) is 18.4 Å². The van der Waals surface area contributed by atoms with E-state index in [-0.39, 0.29) is 5.91 Å². The van der Waals surface area contributed by atoms with Gasteiger partial charge in [-0.1, -0.05) is 30.3 Å². The molecule has 0 aliphatic heterocycles. The number of amides is 1. The molecule has 0 spiro atoms. The van der Waals surface area contributed by atoms with Crippen LogP contribution >= 0.6 is 0 Å². The molecule has 0 saturated carbocycles. The highest BCUT2D eigenvalue weighted by Crippen LogP contribution is 2.15. The summed E-state index contributed by atoms with van der Waals surface area (Å²) < 4.78 is 2.02. The fourth-order valence-electron chi connectivity index (χ4n) is 3.19. The fourth-order valence-corrected chi connectivity index (χ4v) is 3.19. The van der Waals surface area contributed by atoms with Crippen molar-refractivity contribution in [3.8, 4) is 0 Å². The summed E-state index contributed by atoms with van der Waals surface area (Å²) in [5.41, 5.74) is 4.27. The summed E-state index contributed by atoms with van der Waals surface area (Å²) >= 11 is 0. The summed E-state index contributed by atoms with van der Waals surface area (Å²) in [7, 11) is 1.75. The van der Waals surface area contributed by atoms with Crippen LogP contribution in [0.5, 0.6) is 0 Å². The molecule has 4 rings (SSSR count). The van der Waals surface area contributed by atoms with E-state index in [4.69, 9.17) is 0 Å². The Labute approximate surface area is 163 Å². The highest BCUT2D eigenvalue weighted by Gasteiger charge is 2.16. The lowest BCUT2D eigenvalue weighted by Crippen LogP contribution is -2.26. The van der Waals surface area contributed by atoms with Crippen LogP contribution < -0.4 is 0 Å². The molecule has 3 heterocycles. The van der Waals surface area contributed by atoms with Gasteiger partial charge in [0.25, 0.3) is 5.91 Å². The van der Waals surface area contributed by atoms with Crippen LogP contribution in [0.15, 0.2) is 55.1 Å². The maximum atomic E-state index is 12.7. The van der Waals surface area contributed by atoms with Gasteiger partial charge < -0.3 is 14.5 Å². The first-order chi connectivity index (χ1) is 13.6. The molecule has 1 N–H and O–H groups in total. The van der Waals surface area contributed by atoms with Crippen LogP contribution in [0.3, 0.4) is 0 Å². The molecule has 0 fully saturated rings. The monoisotopic (exact) mass is 374 g/mol. The van der Waals surface area contributed by atoms with Crippen LogP contribution in [0.4, 0.5) is 0 Å². The predicted octanol–water partition coefficient (Wildman–Crippen LogP) is 2.98. The zero-order chi connectivity index (χ0) is 19.5. The maximum Gasteiger partial charge on any atom is 0.255 e. The molecule has 1 aromatic carbocycles. The number of benzene rings is 1. The van der Waals surface area contributed by atoms with E-state index in [1.807, 2.05) is 29.7 Å². The second-order valence-electron chi connectivity index (χ2n) is 6.91. The molecule has 28 heavy (non-hydrogen) atoms. The van der Waals surface area contributed by atoms with Crippen LogP contribution in [0, 0.1) is 6.92 Å². The number of fused-ring (bicyclic) bond motifs is 1. The lowest BCUT2D eigenvalue weighted by Gasteiger charge is -2.15. The van der Waals surface area contributed by atoms with Crippen molar-refractivity contribution in [1.29, 1.82) is 0 Å². The molecule has 4 aromatic rings. The van der Waals surface area contributed by atoms with E-state index in [1.54, 1.807) is 36.7 Å². The number of pyridine rings is 1. The van der Waals surface area contributed by atoms with Gasteiger partial charge in [0.1, 0.15) is 11.3 Å². The summed E-state index contributed by atoms with van der Waals surface area (Å²) in [6, 6.07) is 12.1. The number of imidazole rings is 2. The predicted molar refractivity (Wildman–Crippen MR) is 107 cm³/mol. The summed E-state index contributed by atoms with van der Waals surface area (Å²) in [6.45, 7) is 3.14. The number of hydrogen-bond donors (Lipinski definition) is 1. The van der Waals surface area contributed by atoms with Crippen molar-refractivity contribution >= 4 is 17.1 Å². The van der Waals surface area contributed by atoms with Crippen molar-refractivity contribution < 1.29 is 4.79 Å². The quantitative estimate of drug-likeness (QED) is 0.563. The van der Waals surface area contributed by atoms with Gasteiger partial charge in [0, 0.05) is 31.7 Å². The Bertz CT molecular complexity index is 1100. The normalized spacial score (nSPS) is 11.1. The third kappa shape index (κ3) is 3.78. The molecule has 0 bridgehead atoms. The number of aromatic nitrogens is 5. The Kier molecular flexibility index (Phi) is 4.89. The van der Waals surface area contributed by atoms with E-state index in [0.29, 0.717) is 12.1 Å². The summed E-state index contributed by atoms with van der Waals surface area (Å²) in [5.74, 6) is 0.648. The van der Waals surface area contributed by atoms with Crippen molar-refractivity contribution in [1.82, 2.24) is 29.4 Å². The van der Waals surface area contributed by atoms with E-state index in [0.717, 1.165) is 35.6 Å². The summed E-state index contributed by atoms with van der Waals surface area (Å²) in [5, 5.41) is 0. The van der Waals surface area contributed by atoms with Gasteiger partial charge in [0.15, 0.2) is 5.65 Å². The third-order valence-corrected chi connectivity index (χ3v) is 4.68. The number of carbonyl (C=O) groups excluding carboxylic acids is 1. The fraction of sp³-hybridized carbons (Fsp3) is 0.238. The van der Waals surface area contributed by atoms with E-state index >= 15 is 0 Å².